The molecule has 0 unspecified atom stereocenters. The van der Waals surface area contributed by atoms with Crippen molar-refractivity contribution >= 4 is 40.6 Å². The maximum Gasteiger partial charge on any atom is 0.409 e. The number of nitrogens with zero attached hydrogens (tertiary/aromatic N) is 9. The van der Waals surface area contributed by atoms with Crippen LogP contribution in [0.1, 0.15) is 25.3 Å². The van der Waals surface area contributed by atoms with E-state index in [2.05, 4.69) is 16.9 Å². The van der Waals surface area contributed by atoms with Crippen LogP contribution in [-0.4, -0.2) is 111 Å². The monoisotopic (exact) mass is 621 g/mol. The second-order valence-corrected chi connectivity index (χ2v) is 11.0. The number of phenols is 1. The molecule has 0 bridgehead atoms. The van der Waals surface area contributed by atoms with Gasteiger partial charge in [-0.15, -0.1) is 0 Å². The second kappa shape index (κ2) is 13.9. The van der Waals surface area contributed by atoms with Crippen molar-refractivity contribution in [1.29, 1.82) is 5.26 Å². The number of fused-ring (bicyclic) bond motifs is 1. The summed E-state index contributed by atoms with van der Waals surface area (Å²) in [4.78, 5) is 63.8. The first-order chi connectivity index (χ1) is 21.4. The molecule has 2 atom stereocenters. The minimum atomic E-state index is -0.730. The Morgan fingerprint density at radius 3 is 2.62 bits per heavy atom. The third-order valence-electron chi connectivity index (χ3n) is 8.01. The van der Waals surface area contributed by atoms with Crippen LogP contribution in [0.2, 0.25) is 0 Å². The lowest BCUT2D eigenvalue weighted by atomic mass is 9.92. The van der Waals surface area contributed by atoms with Crippen LogP contribution in [0.4, 0.5) is 21.1 Å². The quantitative estimate of drug-likeness (QED) is 0.273. The topological polar surface area (TPSA) is 191 Å². The Labute approximate surface area is 259 Å². The van der Waals surface area contributed by atoms with E-state index in [0.717, 1.165) is 18.6 Å². The van der Waals surface area contributed by atoms with Crippen molar-refractivity contribution in [3.8, 4) is 11.8 Å². The number of aromatic nitrogens is 3. The highest BCUT2D eigenvalue weighted by molar-refractivity contribution is 5.95. The van der Waals surface area contributed by atoms with E-state index in [1.807, 2.05) is 18.0 Å². The molecule has 45 heavy (non-hydrogen) atoms. The molecule has 2 aromatic heterocycles. The van der Waals surface area contributed by atoms with Gasteiger partial charge in [-0.05, 0) is 30.0 Å². The Morgan fingerprint density at radius 1 is 1.18 bits per heavy atom. The normalized spacial score (nSPS) is 16.1. The lowest BCUT2D eigenvalue weighted by Crippen LogP contribution is -2.52. The molecule has 4 rings (SSSR count). The number of likely N-dealkylation sites (N-methyl/N-ethyl adjacent to an activating group) is 3. The third kappa shape index (κ3) is 7.20. The van der Waals surface area contributed by atoms with Gasteiger partial charge in [-0.25, -0.2) is 19.6 Å². The highest BCUT2D eigenvalue weighted by Gasteiger charge is 2.33. The summed E-state index contributed by atoms with van der Waals surface area (Å²) in [6.07, 6.45) is 2.92. The van der Waals surface area contributed by atoms with Crippen LogP contribution in [0, 0.1) is 27.4 Å². The van der Waals surface area contributed by atoms with Crippen LogP contribution >= 0.6 is 0 Å². The summed E-state index contributed by atoms with van der Waals surface area (Å²) < 4.78 is 6.63. The Bertz CT molecular complexity index is 1640. The average Bonchev–Trinajstić information content (AvgIpc) is 3.46. The van der Waals surface area contributed by atoms with Crippen LogP contribution < -0.4 is 4.90 Å². The molecule has 0 spiro atoms. The van der Waals surface area contributed by atoms with E-state index in [-0.39, 0.29) is 50.0 Å². The van der Waals surface area contributed by atoms with E-state index in [1.54, 1.807) is 24.2 Å². The number of hydrogen-bond acceptors (Lipinski definition) is 11. The molecule has 3 aromatic rings. The third-order valence-corrected chi connectivity index (χ3v) is 8.01. The van der Waals surface area contributed by atoms with Gasteiger partial charge in [-0.2, -0.15) is 5.26 Å². The van der Waals surface area contributed by atoms with E-state index in [9.17, 15) is 29.6 Å². The molecule has 1 aliphatic heterocycles. The number of carbonyl (C=O) groups excluding carboxylic acids is 3. The largest absolute Gasteiger partial charge is 0.502 e. The summed E-state index contributed by atoms with van der Waals surface area (Å²) in [5.41, 5.74) is 0.250. The van der Waals surface area contributed by atoms with E-state index in [1.165, 1.54) is 33.8 Å². The number of hydrogen-bond donors (Lipinski definition) is 1. The fourth-order valence-electron chi connectivity index (χ4n) is 5.22. The number of rotatable bonds is 9. The molecule has 1 saturated heterocycles. The molecule has 0 radical (unpaired) electrons. The molecule has 3 amide bonds. The van der Waals surface area contributed by atoms with Gasteiger partial charge in [-0.3, -0.25) is 19.5 Å². The van der Waals surface area contributed by atoms with E-state index >= 15 is 0 Å². The van der Waals surface area contributed by atoms with Gasteiger partial charge in [0, 0.05) is 59.6 Å². The van der Waals surface area contributed by atoms with Crippen LogP contribution in [0.3, 0.4) is 0 Å². The summed E-state index contributed by atoms with van der Waals surface area (Å²) in [5, 5.41) is 30.2. The predicted molar refractivity (Wildman–Crippen MR) is 161 cm³/mol. The summed E-state index contributed by atoms with van der Waals surface area (Å²) >= 11 is 0. The zero-order valence-electron chi connectivity index (χ0n) is 25.5. The number of piperidine rings is 1. The fourth-order valence-corrected chi connectivity index (χ4v) is 5.22. The number of phenolic OH excluding ortho intramolecular Hbond substituents is 1. The molecule has 1 N–H and O–H groups in total. The summed E-state index contributed by atoms with van der Waals surface area (Å²) in [6.45, 7) is 3.23. The van der Waals surface area contributed by atoms with Crippen molar-refractivity contribution in [2.75, 3.05) is 52.2 Å². The number of benzene rings is 1. The van der Waals surface area contributed by atoms with Gasteiger partial charge in [-0.1, -0.05) is 13.0 Å². The minimum absolute atomic E-state index is 0.0549. The maximum absolute atomic E-state index is 13.4. The van der Waals surface area contributed by atoms with Gasteiger partial charge in [0.1, 0.15) is 25.2 Å². The molecule has 3 heterocycles. The molecule has 1 aliphatic rings. The van der Waals surface area contributed by atoms with Crippen molar-refractivity contribution in [3.05, 3.63) is 52.5 Å². The van der Waals surface area contributed by atoms with Crippen LogP contribution in [0.15, 0.2) is 36.8 Å². The van der Waals surface area contributed by atoms with Crippen molar-refractivity contribution in [1.82, 2.24) is 29.2 Å². The molecule has 16 heteroatoms. The molecule has 1 fully saturated rings. The predicted octanol–water partition coefficient (Wildman–Crippen LogP) is 2.80. The number of likely N-dealkylation sites (tertiary alicyclic amines) is 1. The first kappa shape index (κ1) is 32.5. The number of anilines is 1. The van der Waals surface area contributed by atoms with E-state index in [4.69, 9.17) is 10.00 Å². The molecule has 0 saturated carbocycles. The second-order valence-electron chi connectivity index (χ2n) is 11.0. The number of carbonyl (C=O) groups is 3. The van der Waals surface area contributed by atoms with Gasteiger partial charge < -0.3 is 29.4 Å². The molecule has 1 aromatic carbocycles. The standard InChI is InChI=1S/C29H35N9O7/c1-19-8-11-36(25(40)7-10-30)16-23(19)35(4)26-21-9-12-37(27(21)32-18-31-26)28(41)33(2)13-14-34(3)29(42)45-17-20-5-6-24(39)22(15-20)38(43)44/h5-6,9,12,15,18-19,23,39H,7-8,11,13-14,16-17H2,1-4H3/t19-,23+/m1/s1. The highest BCUT2D eigenvalue weighted by Crippen LogP contribution is 2.30. The summed E-state index contributed by atoms with van der Waals surface area (Å²) in [6, 6.07) is 6.95. The maximum atomic E-state index is 13.4. The number of nitriles is 1. The summed E-state index contributed by atoms with van der Waals surface area (Å²) in [7, 11) is 4.99. The van der Waals surface area contributed by atoms with Crippen LogP contribution in [-0.2, 0) is 16.1 Å². The highest BCUT2D eigenvalue weighted by atomic mass is 16.6. The lowest BCUT2D eigenvalue weighted by Gasteiger charge is -2.42. The zero-order chi connectivity index (χ0) is 32.8. The van der Waals surface area contributed by atoms with Crippen molar-refractivity contribution < 1.29 is 29.2 Å². The van der Waals surface area contributed by atoms with E-state index in [0.29, 0.717) is 35.5 Å². The zero-order valence-corrected chi connectivity index (χ0v) is 25.5. The number of ether oxygens (including phenoxy) is 1. The Kier molecular flexibility index (Phi) is 10.0. The Balaban J connectivity index is 1.38. The Morgan fingerprint density at radius 2 is 1.91 bits per heavy atom. The van der Waals surface area contributed by atoms with Gasteiger partial charge in [0.2, 0.25) is 5.91 Å². The fraction of sp³-hybridized carbons (Fsp3) is 0.448. The van der Waals surface area contributed by atoms with Crippen molar-refractivity contribution in [2.45, 2.75) is 32.4 Å². The smallest absolute Gasteiger partial charge is 0.409 e. The van der Waals surface area contributed by atoms with Gasteiger partial charge in [0.05, 0.1) is 22.4 Å². The molecular weight excluding hydrogens is 586 g/mol. The number of nitro groups is 1. The minimum Gasteiger partial charge on any atom is -0.502 e. The molecule has 0 aliphatic carbocycles. The Hall–Kier alpha value is -5.46. The SMILES string of the molecule is C[C@@H]1CCN(C(=O)CC#N)C[C@@H]1N(C)c1ncnc2c1ccn2C(=O)N(C)CCN(C)C(=O)OCc1ccc(O)c([N+](=O)[O-])c1. The van der Waals surface area contributed by atoms with Crippen molar-refractivity contribution in [2.24, 2.45) is 5.92 Å². The van der Waals surface area contributed by atoms with E-state index < -0.39 is 22.5 Å². The molecule has 238 valence electrons. The lowest BCUT2D eigenvalue weighted by molar-refractivity contribution is -0.385. The molecular formula is C29H35N9O7. The average molecular weight is 622 g/mol. The summed E-state index contributed by atoms with van der Waals surface area (Å²) in [5.74, 6) is 0.186. The first-order valence-electron chi connectivity index (χ1n) is 14.2. The van der Waals surface area contributed by atoms with Gasteiger partial charge in [0.25, 0.3) is 0 Å². The number of amides is 3. The van der Waals surface area contributed by atoms with Gasteiger partial charge in [0.15, 0.2) is 11.4 Å². The number of nitro benzene ring substituents is 1. The first-order valence-corrected chi connectivity index (χ1v) is 14.2. The number of aromatic hydroxyl groups is 1. The van der Waals surface area contributed by atoms with Crippen molar-refractivity contribution in [3.63, 3.8) is 0 Å². The van der Waals surface area contributed by atoms with Crippen LogP contribution in [0.5, 0.6) is 5.75 Å². The van der Waals surface area contributed by atoms with Crippen LogP contribution in [0.25, 0.3) is 11.0 Å². The molecule has 16 nitrogen and oxygen atoms in total. The van der Waals surface area contributed by atoms with Gasteiger partial charge >= 0.3 is 17.8 Å².